The van der Waals surface area contributed by atoms with Crippen molar-refractivity contribution in [2.24, 2.45) is 0 Å². The van der Waals surface area contributed by atoms with Gasteiger partial charge in [-0.15, -0.1) is 0 Å². The van der Waals surface area contributed by atoms with Crippen molar-refractivity contribution in [1.82, 2.24) is 15.3 Å². The third-order valence-corrected chi connectivity index (χ3v) is 3.23. The van der Waals surface area contributed by atoms with E-state index in [-0.39, 0.29) is 23.5 Å². The van der Waals surface area contributed by atoms with Crippen molar-refractivity contribution in [3.8, 4) is 0 Å². The fourth-order valence-electron chi connectivity index (χ4n) is 2.19. The quantitative estimate of drug-likeness (QED) is 0.826. The zero-order valence-corrected chi connectivity index (χ0v) is 10.4. The summed E-state index contributed by atoms with van der Waals surface area (Å²) < 4.78 is 5.29. The monoisotopic (exact) mass is 250 g/mol. The Kier molecular flexibility index (Phi) is 4.09. The third-order valence-electron chi connectivity index (χ3n) is 3.23. The van der Waals surface area contributed by atoms with E-state index in [9.17, 15) is 4.79 Å². The second kappa shape index (κ2) is 5.77. The molecule has 1 aromatic heterocycles. The molecule has 2 rings (SSSR count). The van der Waals surface area contributed by atoms with Gasteiger partial charge >= 0.3 is 0 Å². The number of hydrogen-bond acceptors (Lipinski definition) is 5. The molecule has 18 heavy (non-hydrogen) atoms. The maximum Gasteiger partial charge on any atom is 0.271 e. The van der Waals surface area contributed by atoms with Crippen molar-refractivity contribution in [3.05, 3.63) is 18.1 Å². The van der Waals surface area contributed by atoms with Crippen molar-refractivity contribution in [1.29, 1.82) is 0 Å². The van der Waals surface area contributed by atoms with Gasteiger partial charge in [0.05, 0.1) is 18.5 Å². The van der Waals surface area contributed by atoms with E-state index in [0.29, 0.717) is 6.10 Å². The number of amides is 1. The van der Waals surface area contributed by atoms with Crippen LogP contribution in [0.1, 0.15) is 36.2 Å². The number of anilines is 1. The van der Waals surface area contributed by atoms with Crippen LogP contribution in [-0.2, 0) is 4.74 Å². The van der Waals surface area contributed by atoms with Gasteiger partial charge in [0.15, 0.2) is 0 Å². The van der Waals surface area contributed by atoms with Crippen molar-refractivity contribution in [2.45, 2.75) is 37.8 Å². The van der Waals surface area contributed by atoms with E-state index >= 15 is 0 Å². The Hall–Kier alpha value is -1.69. The molecule has 1 aliphatic carbocycles. The molecule has 6 nitrogen and oxygen atoms in total. The zero-order chi connectivity index (χ0) is 13.0. The lowest BCUT2D eigenvalue weighted by molar-refractivity contribution is 0.0598. The third kappa shape index (κ3) is 3.16. The van der Waals surface area contributed by atoms with E-state index in [2.05, 4.69) is 15.3 Å². The summed E-state index contributed by atoms with van der Waals surface area (Å²) in [7, 11) is 1.73. The minimum Gasteiger partial charge on any atom is -0.382 e. The molecule has 1 saturated carbocycles. The summed E-state index contributed by atoms with van der Waals surface area (Å²) in [5.74, 6) is 0.0430. The van der Waals surface area contributed by atoms with Gasteiger partial charge < -0.3 is 15.8 Å². The number of nitrogens with two attached hydrogens (primary N) is 1. The van der Waals surface area contributed by atoms with Crippen molar-refractivity contribution >= 4 is 11.7 Å². The van der Waals surface area contributed by atoms with Crippen LogP contribution in [0.25, 0.3) is 0 Å². The molecule has 1 aliphatic rings. The minimum atomic E-state index is -0.212. The Bertz CT molecular complexity index is 416. The Morgan fingerprint density at radius 2 is 2.11 bits per heavy atom. The Morgan fingerprint density at radius 3 is 2.72 bits per heavy atom. The summed E-state index contributed by atoms with van der Waals surface area (Å²) in [5, 5.41) is 2.95. The van der Waals surface area contributed by atoms with Gasteiger partial charge in [0, 0.05) is 13.2 Å². The van der Waals surface area contributed by atoms with E-state index < -0.39 is 0 Å². The summed E-state index contributed by atoms with van der Waals surface area (Å²) >= 11 is 0. The molecular weight excluding hydrogens is 232 g/mol. The van der Waals surface area contributed by atoms with Crippen LogP contribution in [0.3, 0.4) is 0 Å². The van der Waals surface area contributed by atoms with Crippen LogP contribution in [0.15, 0.2) is 12.4 Å². The van der Waals surface area contributed by atoms with Gasteiger partial charge in [0.25, 0.3) is 5.91 Å². The Balaban J connectivity index is 1.89. The number of carbonyl (C=O) groups excluding carboxylic acids is 1. The SMILES string of the molecule is COC1CCC(NC(=O)c2cncc(N)n2)CC1. The second-order valence-electron chi connectivity index (χ2n) is 4.51. The zero-order valence-electron chi connectivity index (χ0n) is 10.4. The van der Waals surface area contributed by atoms with E-state index in [0.717, 1.165) is 25.7 Å². The summed E-state index contributed by atoms with van der Waals surface area (Å²) in [5.41, 5.74) is 5.76. The highest BCUT2D eigenvalue weighted by molar-refractivity contribution is 5.92. The number of nitrogens with one attached hydrogen (secondary N) is 1. The van der Waals surface area contributed by atoms with Crippen molar-refractivity contribution < 1.29 is 9.53 Å². The highest BCUT2D eigenvalue weighted by Gasteiger charge is 2.22. The highest BCUT2D eigenvalue weighted by Crippen LogP contribution is 2.20. The summed E-state index contributed by atoms with van der Waals surface area (Å²) in [6, 6.07) is 0.187. The molecule has 0 aliphatic heterocycles. The Labute approximate surface area is 106 Å². The molecule has 0 aromatic carbocycles. The van der Waals surface area contributed by atoms with E-state index in [1.807, 2.05) is 0 Å². The van der Waals surface area contributed by atoms with E-state index in [4.69, 9.17) is 10.5 Å². The molecule has 0 saturated heterocycles. The van der Waals surface area contributed by atoms with Crippen LogP contribution in [0.4, 0.5) is 5.82 Å². The molecule has 0 bridgehead atoms. The molecule has 98 valence electrons. The number of nitrogens with zero attached hydrogens (tertiary/aromatic N) is 2. The van der Waals surface area contributed by atoms with Gasteiger partial charge in [-0.3, -0.25) is 9.78 Å². The van der Waals surface area contributed by atoms with Gasteiger partial charge in [-0.05, 0) is 25.7 Å². The predicted molar refractivity (Wildman–Crippen MR) is 67.0 cm³/mol. The second-order valence-corrected chi connectivity index (χ2v) is 4.51. The fourth-order valence-corrected chi connectivity index (χ4v) is 2.19. The van der Waals surface area contributed by atoms with Crippen LogP contribution in [0, 0.1) is 0 Å². The maximum atomic E-state index is 11.9. The van der Waals surface area contributed by atoms with Gasteiger partial charge in [-0.25, -0.2) is 4.98 Å². The van der Waals surface area contributed by atoms with Crippen LogP contribution in [0.5, 0.6) is 0 Å². The topological polar surface area (TPSA) is 90.1 Å². The highest BCUT2D eigenvalue weighted by atomic mass is 16.5. The smallest absolute Gasteiger partial charge is 0.271 e. The molecule has 0 radical (unpaired) electrons. The molecule has 6 heteroatoms. The number of rotatable bonds is 3. The van der Waals surface area contributed by atoms with Crippen LogP contribution in [0.2, 0.25) is 0 Å². The molecule has 3 N–H and O–H groups in total. The predicted octanol–water partition coefficient (Wildman–Crippen LogP) is 0.746. The number of methoxy groups -OCH3 is 1. The first-order valence-corrected chi connectivity index (χ1v) is 6.10. The average Bonchev–Trinajstić information content (AvgIpc) is 2.39. The van der Waals surface area contributed by atoms with Crippen LogP contribution in [-0.4, -0.2) is 35.1 Å². The number of carbonyl (C=O) groups is 1. The number of nitrogen functional groups attached to an aromatic ring is 1. The lowest BCUT2D eigenvalue weighted by Gasteiger charge is -2.28. The number of aromatic nitrogens is 2. The Morgan fingerprint density at radius 1 is 1.39 bits per heavy atom. The standard InChI is InChI=1S/C12H18N4O2/c1-18-9-4-2-8(3-5-9)15-12(17)10-6-14-7-11(13)16-10/h6-9H,2-5H2,1H3,(H2,13,16)(H,15,17). The molecule has 1 amide bonds. The molecule has 0 spiro atoms. The molecule has 1 fully saturated rings. The summed E-state index contributed by atoms with van der Waals surface area (Å²) in [6.07, 6.45) is 6.98. The lowest BCUT2D eigenvalue weighted by Crippen LogP contribution is -2.39. The van der Waals surface area contributed by atoms with E-state index in [1.165, 1.54) is 12.4 Å². The van der Waals surface area contributed by atoms with Crippen LogP contribution < -0.4 is 11.1 Å². The van der Waals surface area contributed by atoms with Crippen molar-refractivity contribution in [3.63, 3.8) is 0 Å². The molecule has 1 heterocycles. The first-order valence-electron chi connectivity index (χ1n) is 6.10. The summed E-state index contributed by atoms with van der Waals surface area (Å²) in [6.45, 7) is 0. The molecule has 1 aromatic rings. The number of ether oxygens (including phenoxy) is 1. The minimum absolute atomic E-state index is 0.187. The largest absolute Gasteiger partial charge is 0.382 e. The lowest BCUT2D eigenvalue weighted by atomic mass is 9.93. The van der Waals surface area contributed by atoms with Gasteiger partial charge in [-0.2, -0.15) is 0 Å². The molecular formula is C12H18N4O2. The average molecular weight is 250 g/mol. The molecule has 0 atom stereocenters. The van der Waals surface area contributed by atoms with Gasteiger partial charge in [0.2, 0.25) is 0 Å². The van der Waals surface area contributed by atoms with E-state index in [1.54, 1.807) is 7.11 Å². The summed E-state index contributed by atoms with van der Waals surface area (Å²) in [4.78, 5) is 19.7. The van der Waals surface area contributed by atoms with Crippen LogP contribution >= 0.6 is 0 Å². The first kappa shape index (κ1) is 12.8. The fraction of sp³-hybridized carbons (Fsp3) is 0.583. The van der Waals surface area contributed by atoms with Crippen molar-refractivity contribution in [2.75, 3.05) is 12.8 Å². The first-order chi connectivity index (χ1) is 8.69. The maximum absolute atomic E-state index is 11.9. The van der Waals surface area contributed by atoms with Gasteiger partial charge in [0.1, 0.15) is 11.5 Å². The van der Waals surface area contributed by atoms with Gasteiger partial charge in [-0.1, -0.05) is 0 Å². The normalized spacial score (nSPS) is 23.6. The molecule has 0 unspecified atom stereocenters. The number of hydrogen-bond donors (Lipinski definition) is 2.